The summed E-state index contributed by atoms with van der Waals surface area (Å²) in [5, 5.41) is 5.38. The fraction of sp³-hybridized carbons (Fsp3) is 0. The number of nitrogens with one attached hydrogen (secondary N) is 1. The van der Waals surface area contributed by atoms with E-state index in [2.05, 4.69) is 19.9 Å². The van der Waals surface area contributed by atoms with Gasteiger partial charge in [0.15, 0.2) is 5.84 Å². The molecule has 0 fully saturated rings. The number of aliphatic imine (C=N–C) groups is 1. The molecule has 0 aromatic rings. The van der Waals surface area contributed by atoms with Crippen molar-refractivity contribution >= 4 is 24.1 Å². The SMILES string of the molecule is C1=CONC(C2=CSON=C2)=N1. The predicted octanol–water partition coefficient (Wildman–Crippen LogP) is 0.939. The van der Waals surface area contributed by atoms with Gasteiger partial charge in [-0.25, -0.2) is 10.5 Å². The van der Waals surface area contributed by atoms with Crippen molar-refractivity contribution in [2.24, 2.45) is 10.1 Å². The van der Waals surface area contributed by atoms with Crippen molar-refractivity contribution in [3.05, 3.63) is 23.4 Å². The maximum Gasteiger partial charge on any atom is 0.169 e. The summed E-state index contributed by atoms with van der Waals surface area (Å²) in [6.45, 7) is 0. The minimum Gasteiger partial charge on any atom is -0.387 e. The van der Waals surface area contributed by atoms with E-state index in [9.17, 15) is 0 Å². The van der Waals surface area contributed by atoms with Crippen molar-refractivity contribution < 1.29 is 9.12 Å². The molecular weight excluding hydrogens is 178 g/mol. The zero-order valence-electron chi connectivity index (χ0n) is 5.93. The van der Waals surface area contributed by atoms with Crippen LogP contribution in [-0.4, -0.2) is 12.1 Å². The van der Waals surface area contributed by atoms with Crippen molar-refractivity contribution in [3.63, 3.8) is 0 Å². The largest absolute Gasteiger partial charge is 0.387 e. The van der Waals surface area contributed by atoms with E-state index in [-0.39, 0.29) is 0 Å². The first-order valence-corrected chi connectivity index (χ1v) is 3.98. The minimum absolute atomic E-state index is 0.622. The molecule has 6 heteroatoms. The maximum atomic E-state index is 4.82. The number of hydroxylamine groups is 1. The van der Waals surface area contributed by atoms with E-state index in [4.69, 9.17) is 4.84 Å². The lowest BCUT2D eigenvalue weighted by molar-refractivity contribution is 0.189. The van der Waals surface area contributed by atoms with Gasteiger partial charge in [-0.1, -0.05) is 5.16 Å². The summed E-state index contributed by atoms with van der Waals surface area (Å²) in [7, 11) is 0. The Morgan fingerprint density at radius 3 is 3.17 bits per heavy atom. The second-order valence-electron chi connectivity index (χ2n) is 1.96. The van der Waals surface area contributed by atoms with E-state index in [1.165, 1.54) is 6.26 Å². The quantitative estimate of drug-likeness (QED) is 0.614. The molecule has 0 aliphatic carbocycles. The van der Waals surface area contributed by atoms with Gasteiger partial charge in [-0.3, -0.25) is 0 Å². The van der Waals surface area contributed by atoms with Crippen LogP contribution in [0, 0.1) is 0 Å². The summed E-state index contributed by atoms with van der Waals surface area (Å²) in [5.74, 6) is 0.622. The zero-order valence-corrected chi connectivity index (χ0v) is 6.75. The Morgan fingerprint density at radius 1 is 1.50 bits per heavy atom. The van der Waals surface area contributed by atoms with Crippen molar-refractivity contribution in [2.45, 2.75) is 0 Å². The molecule has 0 aromatic carbocycles. The molecule has 0 saturated heterocycles. The van der Waals surface area contributed by atoms with Crippen molar-refractivity contribution in [3.8, 4) is 0 Å². The van der Waals surface area contributed by atoms with Crippen LogP contribution in [0.1, 0.15) is 0 Å². The van der Waals surface area contributed by atoms with Gasteiger partial charge >= 0.3 is 0 Å². The third kappa shape index (κ3) is 1.42. The molecule has 0 saturated carbocycles. The smallest absolute Gasteiger partial charge is 0.169 e. The van der Waals surface area contributed by atoms with Crippen LogP contribution in [0.4, 0.5) is 0 Å². The molecule has 2 aliphatic rings. The normalized spacial score (nSPS) is 20.0. The third-order valence-corrected chi connectivity index (χ3v) is 1.74. The summed E-state index contributed by atoms with van der Waals surface area (Å²) in [4.78, 5) is 8.85. The van der Waals surface area contributed by atoms with Crippen LogP contribution >= 0.6 is 12.0 Å². The van der Waals surface area contributed by atoms with Crippen LogP contribution in [0.15, 0.2) is 33.6 Å². The van der Waals surface area contributed by atoms with E-state index < -0.39 is 0 Å². The van der Waals surface area contributed by atoms with Gasteiger partial charge in [-0.15, -0.1) is 0 Å². The summed E-state index contributed by atoms with van der Waals surface area (Å²) in [6, 6.07) is 0. The molecule has 62 valence electrons. The number of hydrogen-bond donors (Lipinski definition) is 1. The van der Waals surface area contributed by atoms with E-state index in [1.807, 2.05) is 0 Å². The lowest BCUT2D eigenvalue weighted by Crippen LogP contribution is -2.26. The van der Waals surface area contributed by atoms with E-state index in [1.54, 1.807) is 17.8 Å². The van der Waals surface area contributed by atoms with Gasteiger partial charge < -0.3 is 9.12 Å². The number of nitrogens with zero attached hydrogens (tertiary/aromatic N) is 2. The molecule has 0 unspecified atom stereocenters. The molecule has 2 rings (SSSR count). The van der Waals surface area contributed by atoms with Gasteiger partial charge in [-0.05, 0) is 0 Å². The summed E-state index contributed by atoms with van der Waals surface area (Å²) >= 11 is 1.14. The van der Waals surface area contributed by atoms with E-state index in [0.717, 1.165) is 17.6 Å². The lowest BCUT2D eigenvalue weighted by atomic mass is 10.3. The van der Waals surface area contributed by atoms with Gasteiger partial charge in [0.2, 0.25) is 0 Å². The molecule has 0 atom stereocenters. The molecule has 0 amide bonds. The predicted molar refractivity (Wildman–Crippen MR) is 46.0 cm³/mol. The fourth-order valence-corrected chi connectivity index (χ4v) is 1.12. The lowest BCUT2D eigenvalue weighted by Gasteiger charge is -2.11. The first-order valence-electron chi connectivity index (χ1n) is 3.18. The highest BCUT2D eigenvalue weighted by atomic mass is 32.2. The molecule has 1 N–H and O–H groups in total. The monoisotopic (exact) mass is 183 g/mol. The molecule has 0 spiro atoms. The Bertz CT molecular complexity index is 295. The van der Waals surface area contributed by atoms with Gasteiger partial charge in [0, 0.05) is 5.41 Å². The Balaban J connectivity index is 2.17. The number of hydrogen-bond acceptors (Lipinski definition) is 6. The standard InChI is InChI=1S/C6H5N3O2S/c1-2-10-9-6(7-1)5-3-8-11-12-4-5/h1-4H,(H,7,9). The summed E-state index contributed by atoms with van der Waals surface area (Å²) in [5.41, 5.74) is 3.45. The number of amidine groups is 1. The van der Waals surface area contributed by atoms with Crippen molar-refractivity contribution in [2.75, 3.05) is 0 Å². The van der Waals surface area contributed by atoms with Gasteiger partial charge in [-0.2, -0.15) is 0 Å². The van der Waals surface area contributed by atoms with Crippen LogP contribution in [0.3, 0.4) is 0 Å². The average Bonchev–Trinajstić information content (AvgIpc) is 2.21. The number of oxime groups is 1. The highest BCUT2D eigenvalue weighted by molar-refractivity contribution is 7.97. The minimum atomic E-state index is 0.622. The second kappa shape index (κ2) is 3.31. The molecule has 0 radical (unpaired) electrons. The molecule has 5 nitrogen and oxygen atoms in total. The molecular formula is C6H5N3O2S. The second-order valence-corrected chi connectivity index (χ2v) is 2.54. The highest BCUT2D eigenvalue weighted by Gasteiger charge is 2.09. The van der Waals surface area contributed by atoms with Crippen LogP contribution in [0.2, 0.25) is 0 Å². The molecule has 2 heterocycles. The van der Waals surface area contributed by atoms with Crippen LogP contribution in [0.25, 0.3) is 0 Å². The zero-order chi connectivity index (χ0) is 8.23. The Labute approximate surface area is 73.0 Å². The Hall–Kier alpha value is -1.43. The Morgan fingerprint density at radius 2 is 2.50 bits per heavy atom. The van der Waals surface area contributed by atoms with Gasteiger partial charge in [0.05, 0.1) is 18.0 Å². The van der Waals surface area contributed by atoms with Crippen molar-refractivity contribution in [1.82, 2.24) is 5.48 Å². The third-order valence-electron chi connectivity index (χ3n) is 1.21. The first kappa shape index (κ1) is 7.23. The summed E-state index contributed by atoms with van der Waals surface area (Å²) in [6.07, 6.45) is 4.57. The summed E-state index contributed by atoms with van der Waals surface area (Å²) < 4.78 is 4.66. The van der Waals surface area contributed by atoms with Crippen LogP contribution < -0.4 is 5.48 Å². The molecule has 2 aliphatic heterocycles. The number of rotatable bonds is 1. The highest BCUT2D eigenvalue weighted by Crippen LogP contribution is 2.14. The average molecular weight is 183 g/mol. The Kier molecular flexibility index (Phi) is 2.00. The van der Waals surface area contributed by atoms with Crippen LogP contribution in [-0.2, 0) is 9.12 Å². The molecule has 12 heavy (non-hydrogen) atoms. The van der Waals surface area contributed by atoms with Gasteiger partial charge in [0.1, 0.15) is 18.3 Å². The van der Waals surface area contributed by atoms with Crippen molar-refractivity contribution in [1.29, 1.82) is 0 Å². The van der Waals surface area contributed by atoms with Gasteiger partial charge in [0.25, 0.3) is 0 Å². The fourth-order valence-electron chi connectivity index (χ4n) is 0.709. The maximum absolute atomic E-state index is 4.82. The first-order chi connectivity index (χ1) is 5.97. The molecule has 0 bridgehead atoms. The molecule has 0 aromatic heterocycles. The van der Waals surface area contributed by atoms with Crippen LogP contribution in [0.5, 0.6) is 0 Å². The van der Waals surface area contributed by atoms with E-state index in [0.29, 0.717) is 5.84 Å². The topological polar surface area (TPSA) is 55.2 Å². The van der Waals surface area contributed by atoms with E-state index >= 15 is 0 Å².